The second-order valence-electron chi connectivity index (χ2n) is 4.73. The van der Waals surface area contributed by atoms with Gasteiger partial charge >= 0.3 is 6.03 Å². The van der Waals surface area contributed by atoms with Crippen molar-refractivity contribution < 1.29 is 18.7 Å². The number of halogens is 2. The molecule has 0 fully saturated rings. The first-order valence-electron chi connectivity index (χ1n) is 5.45. The highest BCUT2D eigenvalue weighted by atomic mass is 19.2. The number of hydrogen-bond acceptors (Lipinski definition) is 2. The van der Waals surface area contributed by atoms with Crippen LogP contribution in [0.25, 0.3) is 0 Å². The first kappa shape index (κ1) is 14.4. The minimum atomic E-state index is -1.10. The summed E-state index contributed by atoms with van der Waals surface area (Å²) in [6.45, 7) is 3.64. The number of benzene rings is 1. The Kier molecular flexibility index (Phi) is 4.61. The molecule has 18 heavy (non-hydrogen) atoms. The summed E-state index contributed by atoms with van der Waals surface area (Å²) in [5.41, 5.74) is -0.702. The van der Waals surface area contributed by atoms with E-state index < -0.39 is 23.1 Å². The normalized spacial score (nSPS) is 11.2. The third-order valence-corrected chi connectivity index (χ3v) is 2.36. The summed E-state index contributed by atoms with van der Waals surface area (Å²) in [4.78, 5) is 11.4. The molecule has 0 radical (unpaired) electrons. The van der Waals surface area contributed by atoms with E-state index in [-0.39, 0.29) is 18.8 Å². The fourth-order valence-corrected chi connectivity index (χ4v) is 1.14. The van der Waals surface area contributed by atoms with Crippen LogP contribution in [0.1, 0.15) is 13.8 Å². The SMILES string of the molecule is CC(C)(CO)CNC(=O)Nc1cccc(F)c1F. The number of rotatable bonds is 4. The van der Waals surface area contributed by atoms with E-state index in [1.807, 2.05) is 0 Å². The van der Waals surface area contributed by atoms with E-state index >= 15 is 0 Å². The van der Waals surface area contributed by atoms with Crippen molar-refractivity contribution >= 4 is 11.7 Å². The van der Waals surface area contributed by atoms with Crippen molar-refractivity contribution in [1.82, 2.24) is 5.32 Å². The zero-order chi connectivity index (χ0) is 13.8. The number of anilines is 1. The lowest BCUT2D eigenvalue weighted by Gasteiger charge is -2.21. The zero-order valence-corrected chi connectivity index (χ0v) is 10.3. The van der Waals surface area contributed by atoms with Crippen molar-refractivity contribution in [3.8, 4) is 0 Å². The summed E-state index contributed by atoms with van der Waals surface area (Å²) in [6, 6.07) is 2.87. The van der Waals surface area contributed by atoms with E-state index in [4.69, 9.17) is 5.11 Å². The average molecular weight is 258 g/mol. The van der Waals surface area contributed by atoms with Gasteiger partial charge in [-0.3, -0.25) is 0 Å². The Bertz CT molecular complexity index is 436. The first-order chi connectivity index (χ1) is 8.35. The lowest BCUT2D eigenvalue weighted by molar-refractivity contribution is 0.158. The van der Waals surface area contributed by atoms with Gasteiger partial charge in [-0.15, -0.1) is 0 Å². The van der Waals surface area contributed by atoms with E-state index in [0.29, 0.717) is 0 Å². The van der Waals surface area contributed by atoms with E-state index in [2.05, 4.69) is 10.6 Å². The molecule has 6 heteroatoms. The molecule has 1 aromatic rings. The molecule has 0 saturated carbocycles. The predicted molar refractivity (Wildman–Crippen MR) is 64.2 cm³/mol. The zero-order valence-electron chi connectivity index (χ0n) is 10.3. The molecule has 0 aromatic heterocycles. The molecule has 1 rings (SSSR count). The fraction of sp³-hybridized carbons (Fsp3) is 0.417. The van der Waals surface area contributed by atoms with E-state index in [1.165, 1.54) is 12.1 Å². The standard InChI is InChI=1S/C12H16F2N2O2/c1-12(2,7-17)6-15-11(18)16-9-5-3-4-8(13)10(9)14/h3-5,17H,6-7H2,1-2H3,(H2,15,16,18). The largest absolute Gasteiger partial charge is 0.396 e. The predicted octanol–water partition coefficient (Wildman–Crippen LogP) is 2.10. The smallest absolute Gasteiger partial charge is 0.319 e. The van der Waals surface area contributed by atoms with E-state index in [0.717, 1.165) is 6.07 Å². The molecule has 0 aliphatic carbocycles. The topological polar surface area (TPSA) is 61.4 Å². The Labute approximate surface area is 104 Å². The Morgan fingerprint density at radius 2 is 2.06 bits per heavy atom. The first-order valence-corrected chi connectivity index (χ1v) is 5.45. The summed E-state index contributed by atoms with van der Waals surface area (Å²) in [5, 5.41) is 13.7. The van der Waals surface area contributed by atoms with Crippen molar-refractivity contribution in [2.75, 3.05) is 18.5 Å². The van der Waals surface area contributed by atoms with Gasteiger partial charge in [0.15, 0.2) is 11.6 Å². The summed E-state index contributed by atoms with van der Waals surface area (Å²) in [7, 11) is 0. The number of urea groups is 1. The number of carbonyl (C=O) groups is 1. The van der Waals surface area contributed by atoms with Crippen LogP contribution >= 0.6 is 0 Å². The van der Waals surface area contributed by atoms with Crippen LogP contribution in [0, 0.1) is 17.0 Å². The third-order valence-electron chi connectivity index (χ3n) is 2.36. The maximum Gasteiger partial charge on any atom is 0.319 e. The van der Waals surface area contributed by atoms with Crippen molar-refractivity contribution in [1.29, 1.82) is 0 Å². The Hall–Kier alpha value is -1.69. The lowest BCUT2D eigenvalue weighted by atomic mass is 9.95. The summed E-state index contributed by atoms with van der Waals surface area (Å²) >= 11 is 0. The van der Waals surface area contributed by atoms with Crippen LogP contribution in [0.2, 0.25) is 0 Å². The van der Waals surface area contributed by atoms with Crippen molar-refractivity contribution in [3.05, 3.63) is 29.8 Å². The van der Waals surface area contributed by atoms with Crippen LogP contribution in [0.4, 0.5) is 19.3 Å². The van der Waals surface area contributed by atoms with Gasteiger partial charge in [0.1, 0.15) is 0 Å². The maximum atomic E-state index is 13.2. The monoisotopic (exact) mass is 258 g/mol. The van der Waals surface area contributed by atoms with Gasteiger partial charge in [-0.2, -0.15) is 0 Å². The van der Waals surface area contributed by atoms with Crippen LogP contribution in [-0.2, 0) is 0 Å². The molecular weight excluding hydrogens is 242 g/mol. The molecule has 0 saturated heterocycles. The van der Waals surface area contributed by atoms with E-state index in [1.54, 1.807) is 13.8 Å². The highest BCUT2D eigenvalue weighted by molar-refractivity contribution is 5.89. The molecule has 0 aliphatic rings. The minimum absolute atomic E-state index is 0.0956. The molecule has 3 N–H and O–H groups in total. The molecule has 0 bridgehead atoms. The van der Waals surface area contributed by atoms with E-state index in [9.17, 15) is 13.6 Å². The minimum Gasteiger partial charge on any atom is -0.396 e. The van der Waals surface area contributed by atoms with Gasteiger partial charge in [0.2, 0.25) is 0 Å². The highest BCUT2D eigenvalue weighted by Gasteiger charge is 2.18. The molecule has 4 nitrogen and oxygen atoms in total. The summed E-state index contributed by atoms with van der Waals surface area (Å²) in [5.74, 6) is -2.13. The third kappa shape index (κ3) is 3.96. The number of hydrogen-bond donors (Lipinski definition) is 3. The molecular formula is C12H16F2N2O2. The van der Waals surface area contributed by atoms with Crippen LogP contribution in [-0.4, -0.2) is 24.3 Å². The van der Waals surface area contributed by atoms with Crippen LogP contribution in [0.3, 0.4) is 0 Å². The molecule has 0 heterocycles. The molecule has 2 amide bonds. The molecule has 0 spiro atoms. The number of aliphatic hydroxyl groups is 1. The van der Waals surface area contributed by atoms with Crippen LogP contribution in [0.5, 0.6) is 0 Å². The quantitative estimate of drug-likeness (QED) is 0.774. The Morgan fingerprint density at radius 1 is 1.39 bits per heavy atom. The van der Waals surface area contributed by atoms with Crippen molar-refractivity contribution in [3.63, 3.8) is 0 Å². The summed E-state index contributed by atoms with van der Waals surface area (Å²) < 4.78 is 26.1. The van der Waals surface area contributed by atoms with Gasteiger partial charge in [-0.1, -0.05) is 19.9 Å². The molecule has 1 aromatic carbocycles. The summed E-state index contributed by atoms with van der Waals surface area (Å²) in [6.07, 6.45) is 0. The van der Waals surface area contributed by atoms with Crippen molar-refractivity contribution in [2.24, 2.45) is 5.41 Å². The van der Waals surface area contributed by atoms with Gasteiger partial charge in [0.05, 0.1) is 5.69 Å². The van der Waals surface area contributed by atoms with Gasteiger partial charge in [0, 0.05) is 18.6 Å². The number of aliphatic hydroxyl groups excluding tert-OH is 1. The second kappa shape index (κ2) is 5.77. The maximum absolute atomic E-state index is 13.2. The number of nitrogens with one attached hydrogen (secondary N) is 2. The highest BCUT2D eigenvalue weighted by Crippen LogP contribution is 2.16. The second-order valence-corrected chi connectivity index (χ2v) is 4.73. The number of carbonyl (C=O) groups excluding carboxylic acids is 1. The molecule has 100 valence electrons. The molecule has 0 aliphatic heterocycles. The average Bonchev–Trinajstić information content (AvgIpc) is 2.33. The van der Waals surface area contributed by atoms with Crippen LogP contribution in [0.15, 0.2) is 18.2 Å². The lowest BCUT2D eigenvalue weighted by Crippen LogP contribution is -2.38. The van der Waals surface area contributed by atoms with Gasteiger partial charge < -0.3 is 15.7 Å². The van der Waals surface area contributed by atoms with Gasteiger partial charge in [0.25, 0.3) is 0 Å². The Balaban J connectivity index is 2.58. The van der Waals surface area contributed by atoms with Gasteiger partial charge in [-0.25, -0.2) is 13.6 Å². The van der Waals surface area contributed by atoms with Crippen molar-refractivity contribution in [2.45, 2.75) is 13.8 Å². The Morgan fingerprint density at radius 3 is 2.67 bits per heavy atom. The van der Waals surface area contributed by atoms with Crippen LogP contribution < -0.4 is 10.6 Å². The van der Waals surface area contributed by atoms with Gasteiger partial charge in [-0.05, 0) is 12.1 Å². The number of amides is 2. The fourth-order valence-electron chi connectivity index (χ4n) is 1.14. The molecule has 0 unspecified atom stereocenters. The molecule has 0 atom stereocenters.